The number of H-pyrrole nitrogens is 1. The molecule has 5 N–H and O–H groups in total. The van der Waals surface area contributed by atoms with Crippen LogP contribution in [-0.4, -0.2) is 81.1 Å². The normalized spacial score (nSPS) is 16.9. The molecule has 12 nitrogen and oxygen atoms in total. The highest BCUT2D eigenvalue weighted by atomic mass is 35.5. The molecule has 0 unspecified atom stereocenters. The van der Waals surface area contributed by atoms with Gasteiger partial charge >= 0.3 is 0 Å². The summed E-state index contributed by atoms with van der Waals surface area (Å²) in [6, 6.07) is 3.37. The van der Waals surface area contributed by atoms with Crippen LogP contribution in [0.3, 0.4) is 0 Å². The molecule has 5 heterocycles. The summed E-state index contributed by atoms with van der Waals surface area (Å²) in [4.78, 5) is 46.1. The van der Waals surface area contributed by atoms with Crippen LogP contribution in [0.15, 0.2) is 18.3 Å². The molecular formula is C28H33ClN8O4. The molecule has 0 atom stereocenters. The van der Waals surface area contributed by atoms with E-state index >= 15 is 0 Å². The highest BCUT2D eigenvalue weighted by Crippen LogP contribution is 2.41. The molecule has 2 amide bonds. The topological polar surface area (TPSA) is 163 Å². The van der Waals surface area contributed by atoms with Crippen LogP contribution in [-0.2, 0) is 11.3 Å². The fourth-order valence-electron chi connectivity index (χ4n) is 5.22. The Morgan fingerprint density at radius 2 is 2.05 bits per heavy atom. The van der Waals surface area contributed by atoms with Gasteiger partial charge in [0.1, 0.15) is 16.6 Å². The Balaban J connectivity index is 1.36. The number of carbonyl (C=O) groups is 2. The highest BCUT2D eigenvalue weighted by Gasteiger charge is 2.37. The maximum Gasteiger partial charge on any atom is 0.267 e. The van der Waals surface area contributed by atoms with Gasteiger partial charge in [-0.2, -0.15) is 4.98 Å². The van der Waals surface area contributed by atoms with Crippen LogP contribution in [0, 0.1) is 13.8 Å². The van der Waals surface area contributed by atoms with E-state index in [0.717, 1.165) is 37.1 Å². The number of aliphatic hydroxyl groups is 1. The number of ether oxygens (including phenoxy) is 1. The quantitative estimate of drug-likeness (QED) is 0.231. The Labute approximate surface area is 242 Å². The number of aliphatic hydroxyl groups excluding tert-OH is 1. The van der Waals surface area contributed by atoms with Gasteiger partial charge in [0.25, 0.3) is 11.8 Å². The number of fused-ring (bicyclic) bond motifs is 1. The molecular weight excluding hydrogens is 548 g/mol. The van der Waals surface area contributed by atoms with Crippen molar-refractivity contribution in [1.82, 2.24) is 30.2 Å². The Kier molecular flexibility index (Phi) is 8.25. The second kappa shape index (κ2) is 11.9. The molecule has 0 spiro atoms. The Hall–Kier alpha value is -4.00. The summed E-state index contributed by atoms with van der Waals surface area (Å²) in [6.45, 7) is 6.72. The number of amides is 2. The van der Waals surface area contributed by atoms with Crippen molar-refractivity contribution in [3.8, 4) is 5.75 Å². The van der Waals surface area contributed by atoms with Crippen molar-refractivity contribution in [2.45, 2.75) is 39.3 Å². The molecule has 216 valence electrons. The molecule has 5 rings (SSSR count). The zero-order valence-electron chi connectivity index (χ0n) is 23.2. The number of anilines is 2. The molecule has 13 heteroatoms. The lowest BCUT2D eigenvalue weighted by atomic mass is 10.1. The smallest absolute Gasteiger partial charge is 0.267 e. The first-order chi connectivity index (χ1) is 19.7. The Morgan fingerprint density at radius 3 is 2.78 bits per heavy atom. The molecule has 0 aliphatic carbocycles. The van der Waals surface area contributed by atoms with Crippen molar-refractivity contribution in [2.24, 2.45) is 0 Å². The van der Waals surface area contributed by atoms with Crippen molar-refractivity contribution >= 4 is 46.8 Å². The number of nitrogen functional groups attached to an aromatic ring is 1. The van der Waals surface area contributed by atoms with Crippen molar-refractivity contribution < 1.29 is 19.4 Å². The van der Waals surface area contributed by atoms with Crippen LogP contribution in [0.4, 0.5) is 11.8 Å². The van der Waals surface area contributed by atoms with E-state index < -0.39 is 0 Å². The third-order valence-corrected chi connectivity index (χ3v) is 7.72. The van der Waals surface area contributed by atoms with E-state index in [-0.39, 0.29) is 47.0 Å². The van der Waals surface area contributed by atoms with Gasteiger partial charge in [0, 0.05) is 49.2 Å². The van der Waals surface area contributed by atoms with Crippen LogP contribution < -0.4 is 20.7 Å². The molecule has 1 fully saturated rings. The number of piperidine rings is 1. The molecule has 3 aromatic rings. The molecule has 0 aromatic carbocycles. The van der Waals surface area contributed by atoms with E-state index in [2.05, 4.69) is 30.2 Å². The largest absolute Gasteiger partial charge is 0.496 e. The van der Waals surface area contributed by atoms with Gasteiger partial charge in [0.15, 0.2) is 5.82 Å². The SMILES string of the molecule is COc1c(C)cnc(CN2C(=O)C(=Cc3ccc(C(=O)NCCN4CCC(O)CC4)[nH]3)c3c(Cl)nc(N)nc32)c1C. The molecule has 2 aliphatic heterocycles. The number of likely N-dealkylation sites (tertiary alicyclic amines) is 1. The molecule has 3 aromatic heterocycles. The molecule has 0 saturated carbocycles. The Bertz CT molecular complexity index is 1510. The minimum atomic E-state index is -0.352. The van der Waals surface area contributed by atoms with Crippen LogP contribution in [0.1, 0.15) is 51.4 Å². The lowest BCUT2D eigenvalue weighted by molar-refractivity contribution is -0.113. The second-order valence-corrected chi connectivity index (χ2v) is 10.6. The van der Waals surface area contributed by atoms with E-state index in [1.165, 1.54) is 4.90 Å². The van der Waals surface area contributed by atoms with Gasteiger partial charge in [-0.15, -0.1) is 0 Å². The monoisotopic (exact) mass is 580 g/mol. The first-order valence-corrected chi connectivity index (χ1v) is 13.8. The number of aromatic nitrogens is 4. The van der Waals surface area contributed by atoms with E-state index in [9.17, 15) is 14.7 Å². The van der Waals surface area contributed by atoms with Crippen molar-refractivity contribution in [1.29, 1.82) is 0 Å². The molecule has 2 aliphatic rings. The number of pyridine rings is 1. The summed E-state index contributed by atoms with van der Waals surface area (Å²) in [6.07, 6.45) is 4.59. The lowest BCUT2D eigenvalue weighted by Crippen LogP contribution is -2.40. The summed E-state index contributed by atoms with van der Waals surface area (Å²) in [7, 11) is 1.59. The first-order valence-electron chi connectivity index (χ1n) is 13.4. The maximum atomic E-state index is 13.7. The first kappa shape index (κ1) is 28.5. The molecule has 0 radical (unpaired) electrons. The number of rotatable bonds is 8. The zero-order chi connectivity index (χ0) is 29.3. The van der Waals surface area contributed by atoms with Crippen LogP contribution >= 0.6 is 11.6 Å². The molecule has 1 saturated heterocycles. The van der Waals surface area contributed by atoms with Gasteiger partial charge in [-0.25, -0.2) is 4.98 Å². The van der Waals surface area contributed by atoms with E-state index in [1.54, 1.807) is 31.5 Å². The predicted molar refractivity (Wildman–Crippen MR) is 156 cm³/mol. The summed E-state index contributed by atoms with van der Waals surface area (Å²) >= 11 is 6.48. The third kappa shape index (κ3) is 5.90. The number of hydrogen-bond acceptors (Lipinski definition) is 9. The minimum absolute atomic E-state index is 0.0514. The molecule has 0 bridgehead atoms. The van der Waals surface area contributed by atoms with Gasteiger partial charge in [-0.05, 0) is 44.9 Å². The second-order valence-electron chi connectivity index (χ2n) is 10.2. The third-order valence-electron chi connectivity index (χ3n) is 7.45. The number of carbonyl (C=O) groups excluding carboxylic acids is 2. The van der Waals surface area contributed by atoms with Gasteiger partial charge in [-0.3, -0.25) is 19.5 Å². The average Bonchev–Trinajstić information content (AvgIpc) is 3.50. The number of aryl methyl sites for hydroxylation is 1. The van der Waals surface area contributed by atoms with Crippen LogP contribution in [0.25, 0.3) is 11.6 Å². The fourth-order valence-corrected chi connectivity index (χ4v) is 5.50. The summed E-state index contributed by atoms with van der Waals surface area (Å²) in [5, 5.41) is 12.6. The van der Waals surface area contributed by atoms with Crippen molar-refractivity contribution in [3.63, 3.8) is 0 Å². The minimum Gasteiger partial charge on any atom is -0.496 e. The number of halogens is 1. The van der Waals surface area contributed by atoms with Gasteiger partial charge in [0.2, 0.25) is 5.95 Å². The number of nitrogens with one attached hydrogen (secondary N) is 2. The average molecular weight is 581 g/mol. The van der Waals surface area contributed by atoms with Crippen LogP contribution in [0.5, 0.6) is 5.75 Å². The van der Waals surface area contributed by atoms with Gasteiger partial charge in [-0.1, -0.05) is 11.6 Å². The number of methoxy groups -OCH3 is 1. The number of nitrogens with two attached hydrogens (primary N) is 1. The Morgan fingerprint density at radius 1 is 1.29 bits per heavy atom. The number of hydrogen-bond donors (Lipinski definition) is 4. The predicted octanol–water partition coefficient (Wildman–Crippen LogP) is 2.33. The number of aromatic amines is 1. The highest BCUT2D eigenvalue weighted by molar-refractivity contribution is 6.41. The summed E-state index contributed by atoms with van der Waals surface area (Å²) < 4.78 is 5.53. The summed E-state index contributed by atoms with van der Waals surface area (Å²) in [5.41, 5.74) is 9.75. The van der Waals surface area contributed by atoms with Gasteiger partial charge in [0.05, 0.1) is 36.6 Å². The fraction of sp³-hybridized carbons (Fsp3) is 0.393. The van der Waals surface area contributed by atoms with Crippen molar-refractivity contribution in [3.05, 3.63) is 57.3 Å². The van der Waals surface area contributed by atoms with E-state index in [4.69, 9.17) is 22.1 Å². The number of nitrogens with zero attached hydrogens (tertiary/aromatic N) is 5. The van der Waals surface area contributed by atoms with Crippen molar-refractivity contribution in [2.75, 3.05) is 43.9 Å². The molecule has 41 heavy (non-hydrogen) atoms. The van der Waals surface area contributed by atoms with Crippen LogP contribution in [0.2, 0.25) is 5.15 Å². The van der Waals surface area contributed by atoms with Gasteiger partial charge < -0.3 is 30.8 Å². The lowest BCUT2D eigenvalue weighted by Gasteiger charge is -2.29. The maximum absolute atomic E-state index is 13.7. The standard InChI is InChI=1S/C28H33ClN8O4/c1-15-13-32-21(16(2)23(15)41-3)14-37-25-22(24(29)34-28(30)35-25)19(27(37)40)12-17-4-5-20(33-17)26(39)31-8-11-36-9-6-18(38)7-10-36/h4-5,12-13,18,33,38H,6-11,14H2,1-3H3,(H,31,39)(H2,30,34,35). The summed E-state index contributed by atoms with van der Waals surface area (Å²) in [5.74, 6) is 0.322. The van der Waals surface area contributed by atoms with E-state index in [1.807, 2.05) is 13.8 Å². The van der Waals surface area contributed by atoms with E-state index in [0.29, 0.717) is 41.5 Å². The zero-order valence-corrected chi connectivity index (χ0v) is 24.0.